The molecule has 0 bridgehead atoms. The molecule has 2 aromatic rings. The molecule has 0 N–H and O–H groups in total. The summed E-state index contributed by atoms with van der Waals surface area (Å²) < 4.78 is 22.9. The minimum Gasteiger partial charge on any atom is -0.489 e. The second-order valence-corrected chi connectivity index (χ2v) is 14.6. The van der Waals surface area contributed by atoms with Gasteiger partial charge >= 0.3 is 11.9 Å². The minimum absolute atomic E-state index is 0.0961. The first-order valence-electron chi connectivity index (χ1n) is 11.7. The van der Waals surface area contributed by atoms with Gasteiger partial charge in [-0.1, -0.05) is 57.2 Å². The Labute approximate surface area is 204 Å². The molecule has 6 nitrogen and oxygen atoms in total. The molecule has 2 aromatic carbocycles. The van der Waals surface area contributed by atoms with E-state index >= 15 is 0 Å². The third-order valence-corrected chi connectivity index (χ3v) is 10.5. The molecule has 0 spiro atoms. The van der Waals surface area contributed by atoms with E-state index in [-0.39, 0.29) is 18.1 Å². The molecule has 0 aliphatic carbocycles. The maximum atomic E-state index is 12.5. The predicted octanol–water partition coefficient (Wildman–Crippen LogP) is 5.82. The molecular weight excluding hydrogens is 448 g/mol. The molecule has 1 atom stereocenters. The lowest BCUT2D eigenvalue weighted by Gasteiger charge is -2.36. The number of benzene rings is 2. The van der Waals surface area contributed by atoms with Gasteiger partial charge in [0.1, 0.15) is 12.4 Å². The zero-order valence-corrected chi connectivity index (χ0v) is 22.5. The Morgan fingerprint density at radius 2 is 1.65 bits per heavy atom. The molecular formula is C27H38O6Si. The maximum Gasteiger partial charge on any atom is 0.347 e. The molecule has 0 aliphatic rings. The van der Waals surface area contributed by atoms with Crippen LogP contribution in [0.2, 0.25) is 18.1 Å². The van der Waals surface area contributed by atoms with E-state index in [9.17, 15) is 9.59 Å². The number of carbonyl (C=O) groups excluding carboxylic acids is 2. The Balaban J connectivity index is 2.31. The largest absolute Gasteiger partial charge is 0.489 e. The average molecular weight is 487 g/mol. The smallest absolute Gasteiger partial charge is 0.347 e. The van der Waals surface area contributed by atoms with Crippen LogP contribution in [0.15, 0.2) is 48.5 Å². The van der Waals surface area contributed by atoms with Crippen LogP contribution in [0.4, 0.5) is 0 Å². The highest BCUT2D eigenvalue weighted by Crippen LogP contribution is 2.37. The summed E-state index contributed by atoms with van der Waals surface area (Å²) in [7, 11) is -1.94. The molecule has 0 heterocycles. The first-order valence-corrected chi connectivity index (χ1v) is 14.6. The minimum atomic E-state index is -1.94. The summed E-state index contributed by atoms with van der Waals surface area (Å²) in [5.74, 6) is -0.488. The van der Waals surface area contributed by atoms with Gasteiger partial charge in [0.05, 0.1) is 13.2 Å². The lowest BCUT2D eigenvalue weighted by atomic mass is 10.0. The van der Waals surface area contributed by atoms with E-state index in [0.29, 0.717) is 19.0 Å². The molecule has 0 amide bonds. The number of hydrogen-bond acceptors (Lipinski definition) is 6. The van der Waals surface area contributed by atoms with E-state index in [1.165, 1.54) is 6.92 Å². The molecule has 186 valence electrons. The van der Waals surface area contributed by atoms with Gasteiger partial charge in [-0.15, -0.1) is 0 Å². The average Bonchev–Trinajstić information content (AvgIpc) is 2.76. The Morgan fingerprint density at radius 1 is 0.971 bits per heavy atom. The van der Waals surface area contributed by atoms with Crippen LogP contribution in [0.25, 0.3) is 0 Å². The van der Waals surface area contributed by atoms with Crippen LogP contribution in [0.3, 0.4) is 0 Å². The summed E-state index contributed by atoms with van der Waals surface area (Å²) in [6.45, 7) is 15.1. The van der Waals surface area contributed by atoms with Crippen molar-refractivity contribution in [3.05, 3.63) is 65.2 Å². The van der Waals surface area contributed by atoms with Crippen molar-refractivity contribution in [3.63, 3.8) is 0 Å². The molecule has 0 unspecified atom stereocenters. The van der Waals surface area contributed by atoms with Gasteiger partial charge in [-0.25, -0.2) is 4.79 Å². The topological polar surface area (TPSA) is 71.1 Å². The van der Waals surface area contributed by atoms with Crippen molar-refractivity contribution >= 4 is 20.3 Å². The zero-order chi connectivity index (χ0) is 25.4. The highest BCUT2D eigenvalue weighted by Gasteiger charge is 2.37. The van der Waals surface area contributed by atoms with Gasteiger partial charge in [-0.3, -0.25) is 4.79 Å². The molecule has 0 aromatic heterocycles. The fourth-order valence-electron chi connectivity index (χ4n) is 3.05. The number of carbonyl (C=O) groups is 2. The van der Waals surface area contributed by atoms with Crippen molar-refractivity contribution in [1.29, 1.82) is 0 Å². The van der Waals surface area contributed by atoms with E-state index in [4.69, 9.17) is 18.6 Å². The van der Waals surface area contributed by atoms with E-state index in [0.717, 1.165) is 16.7 Å². The van der Waals surface area contributed by atoms with Crippen molar-refractivity contribution in [2.75, 3.05) is 6.61 Å². The molecule has 0 saturated heterocycles. The number of esters is 2. The molecule has 0 aliphatic heterocycles. The second-order valence-electron chi connectivity index (χ2n) is 9.82. The maximum absolute atomic E-state index is 12.5. The second kappa shape index (κ2) is 12.2. The van der Waals surface area contributed by atoms with Gasteiger partial charge in [0.2, 0.25) is 6.10 Å². The molecule has 7 heteroatoms. The highest BCUT2D eigenvalue weighted by atomic mass is 28.4. The van der Waals surface area contributed by atoms with Gasteiger partial charge in [0, 0.05) is 13.3 Å². The molecule has 0 radical (unpaired) electrons. The third-order valence-electron chi connectivity index (χ3n) is 6.03. The van der Waals surface area contributed by atoms with Crippen LogP contribution >= 0.6 is 0 Å². The Bertz CT molecular complexity index is 949. The molecule has 0 fully saturated rings. The molecule has 0 saturated carbocycles. The van der Waals surface area contributed by atoms with Gasteiger partial charge in [0.15, 0.2) is 8.32 Å². The van der Waals surface area contributed by atoms with Crippen molar-refractivity contribution in [1.82, 2.24) is 0 Å². The molecule has 2 rings (SSSR count). The summed E-state index contributed by atoms with van der Waals surface area (Å²) in [4.78, 5) is 24.1. The zero-order valence-electron chi connectivity index (χ0n) is 21.5. The van der Waals surface area contributed by atoms with E-state index in [1.807, 2.05) is 48.5 Å². The molecule has 34 heavy (non-hydrogen) atoms. The fourth-order valence-corrected chi connectivity index (χ4v) is 4.01. The van der Waals surface area contributed by atoms with Crippen molar-refractivity contribution in [2.45, 2.75) is 78.5 Å². The van der Waals surface area contributed by atoms with Gasteiger partial charge < -0.3 is 18.6 Å². The lowest BCUT2D eigenvalue weighted by Crippen LogP contribution is -2.40. The van der Waals surface area contributed by atoms with Gasteiger partial charge in [-0.05, 0) is 53.9 Å². The van der Waals surface area contributed by atoms with E-state index in [1.54, 1.807) is 6.92 Å². The summed E-state index contributed by atoms with van der Waals surface area (Å²) in [6, 6.07) is 15.7. The Morgan fingerprint density at radius 3 is 2.24 bits per heavy atom. The quantitative estimate of drug-likeness (QED) is 0.294. The first kappa shape index (κ1) is 27.6. The summed E-state index contributed by atoms with van der Waals surface area (Å²) in [5, 5.41) is 0.0961. The monoisotopic (exact) mass is 486 g/mol. The number of hydrogen-bond donors (Lipinski definition) is 0. The standard InChI is InChI=1S/C27H38O6Si/c1-8-30-26(29)25(33-20(2)28)17-23-16-22(19-32-34(6,7)27(3,4)5)14-15-24(23)31-18-21-12-10-9-11-13-21/h9-16,25H,8,17-19H2,1-7H3/t25-/m1/s1. The highest BCUT2D eigenvalue weighted by molar-refractivity contribution is 6.74. The summed E-state index contributed by atoms with van der Waals surface area (Å²) in [6.07, 6.45) is -0.899. The van der Waals surface area contributed by atoms with E-state index in [2.05, 4.69) is 33.9 Å². The van der Waals surface area contributed by atoms with Gasteiger partial charge in [0.25, 0.3) is 0 Å². The number of rotatable bonds is 11. The van der Waals surface area contributed by atoms with Crippen LogP contribution in [0.5, 0.6) is 5.75 Å². The number of ether oxygens (including phenoxy) is 3. The summed E-state index contributed by atoms with van der Waals surface area (Å²) >= 11 is 0. The van der Waals surface area contributed by atoms with Crippen LogP contribution in [-0.4, -0.2) is 33.0 Å². The van der Waals surface area contributed by atoms with Crippen LogP contribution in [-0.2, 0) is 43.1 Å². The van der Waals surface area contributed by atoms with Crippen molar-refractivity contribution in [2.24, 2.45) is 0 Å². The first-order chi connectivity index (χ1) is 15.9. The SMILES string of the molecule is CCOC(=O)[C@@H](Cc1cc(CO[Si](C)(C)C(C)(C)C)ccc1OCc1ccccc1)OC(C)=O. The Hall–Kier alpha value is -2.64. The van der Waals surface area contributed by atoms with Crippen LogP contribution in [0.1, 0.15) is 51.3 Å². The third kappa shape index (κ3) is 8.29. The van der Waals surface area contributed by atoms with E-state index < -0.39 is 26.4 Å². The predicted molar refractivity (Wildman–Crippen MR) is 135 cm³/mol. The van der Waals surface area contributed by atoms with Crippen molar-refractivity contribution < 1.29 is 28.2 Å². The Kier molecular flexibility index (Phi) is 9.88. The lowest BCUT2D eigenvalue weighted by molar-refractivity contribution is -0.166. The fraction of sp³-hybridized carbons (Fsp3) is 0.481. The van der Waals surface area contributed by atoms with Crippen molar-refractivity contribution in [3.8, 4) is 5.75 Å². The van der Waals surface area contributed by atoms with Crippen LogP contribution in [0, 0.1) is 0 Å². The van der Waals surface area contributed by atoms with Gasteiger partial charge in [-0.2, -0.15) is 0 Å². The summed E-state index contributed by atoms with van der Waals surface area (Å²) in [5.41, 5.74) is 2.75. The van der Waals surface area contributed by atoms with Crippen LogP contribution < -0.4 is 4.74 Å². The normalized spacial score (nSPS) is 12.7.